The molecule has 1 heterocycles. The van der Waals surface area contributed by atoms with E-state index >= 15 is 0 Å². The number of benzene rings is 2. The Morgan fingerprint density at radius 1 is 1.03 bits per heavy atom. The topological polar surface area (TPSA) is 141 Å². The van der Waals surface area contributed by atoms with Crippen LogP contribution in [0.2, 0.25) is 0 Å². The fraction of sp³-hybridized carbons (Fsp3) is 0.286. The minimum atomic E-state index is -0.845. The molecule has 0 unspecified atom stereocenters. The molecule has 1 atom stereocenters. The number of anilines is 1. The van der Waals surface area contributed by atoms with Crippen molar-refractivity contribution in [2.75, 3.05) is 19.5 Å². The number of ether oxygens (including phenoxy) is 3. The van der Waals surface area contributed by atoms with Crippen LogP contribution >= 0.6 is 11.3 Å². The van der Waals surface area contributed by atoms with Crippen molar-refractivity contribution in [1.29, 1.82) is 0 Å². The van der Waals surface area contributed by atoms with E-state index in [9.17, 15) is 14.4 Å². The first kappa shape index (κ1) is 27.6. The standard InChI is InChI=1S/C28H30N4O6S/c1-16(26(34)32-30-15-17-8-13-21(36-2)22(14-17)37-3)38-19-11-9-18(10-12-19)27(35)31-28-24(25(29)33)20-6-4-5-7-23(20)39-28/h8-16H,4-7H2,1-3H3,(H2,29,33)(H,31,35)(H,32,34)/b30-15-/t16-/m0/s1. The van der Waals surface area contributed by atoms with Crippen LogP contribution in [-0.4, -0.2) is 44.3 Å². The van der Waals surface area contributed by atoms with Gasteiger partial charge in [-0.1, -0.05) is 0 Å². The highest BCUT2D eigenvalue weighted by Gasteiger charge is 2.25. The molecule has 0 fully saturated rings. The number of carbonyl (C=O) groups excluding carboxylic acids is 3. The number of hydrazone groups is 1. The number of aryl methyl sites for hydroxylation is 1. The fourth-order valence-corrected chi connectivity index (χ4v) is 5.52. The molecule has 1 aliphatic carbocycles. The number of amides is 3. The molecule has 204 valence electrons. The summed E-state index contributed by atoms with van der Waals surface area (Å²) < 4.78 is 16.2. The molecule has 0 radical (unpaired) electrons. The molecule has 11 heteroatoms. The zero-order chi connectivity index (χ0) is 27.9. The Morgan fingerprint density at radius 2 is 1.74 bits per heavy atom. The number of hydrogen-bond acceptors (Lipinski definition) is 8. The van der Waals surface area contributed by atoms with Crippen LogP contribution < -0.4 is 30.7 Å². The molecule has 0 aliphatic heterocycles. The third kappa shape index (κ3) is 6.55. The van der Waals surface area contributed by atoms with Crippen LogP contribution in [0.25, 0.3) is 0 Å². The number of thiophene rings is 1. The number of fused-ring (bicyclic) bond motifs is 1. The Balaban J connectivity index is 1.33. The van der Waals surface area contributed by atoms with Gasteiger partial charge in [0.05, 0.1) is 26.0 Å². The maximum atomic E-state index is 12.9. The molecule has 3 aromatic rings. The van der Waals surface area contributed by atoms with Crippen molar-refractivity contribution in [1.82, 2.24) is 5.43 Å². The van der Waals surface area contributed by atoms with Crippen molar-refractivity contribution < 1.29 is 28.6 Å². The van der Waals surface area contributed by atoms with Crippen LogP contribution in [-0.2, 0) is 17.6 Å². The van der Waals surface area contributed by atoms with Gasteiger partial charge in [0.15, 0.2) is 17.6 Å². The highest BCUT2D eigenvalue weighted by Crippen LogP contribution is 2.38. The minimum Gasteiger partial charge on any atom is -0.493 e. The van der Waals surface area contributed by atoms with Crippen molar-refractivity contribution in [3.05, 3.63) is 69.6 Å². The quantitative estimate of drug-likeness (QED) is 0.258. The third-order valence-corrected chi connectivity index (χ3v) is 7.45. The van der Waals surface area contributed by atoms with E-state index in [2.05, 4.69) is 15.8 Å². The molecule has 0 saturated carbocycles. The lowest BCUT2D eigenvalue weighted by atomic mass is 9.95. The van der Waals surface area contributed by atoms with Gasteiger partial charge in [-0.25, -0.2) is 5.43 Å². The summed E-state index contributed by atoms with van der Waals surface area (Å²) in [6.45, 7) is 1.59. The SMILES string of the molecule is COc1ccc(/C=N\NC(=O)[C@H](C)Oc2ccc(C(=O)Nc3sc4c(c3C(N)=O)CCCC4)cc2)cc1OC. The smallest absolute Gasteiger partial charge is 0.280 e. The lowest BCUT2D eigenvalue weighted by molar-refractivity contribution is -0.127. The van der Waals surface area contributed by atoms with E-state index in [1.807, 2.05) is 0 Å². The molecular weight excluding hydrogens is 520 g/mol. The van der Waals surface area contributed by atoms with Gasteiger partial charge >= 0.3 is 0 Å². The highest BCUT2D eigenvalue weighted by atomic mass is 32.1. The number of methoxy groups -OCH3 is 2. The normalized spacial score (nSPS) is 13.3. The summed E-state index contributed by atoms with van der Waals surface area (Å²) >= 11 is 1.41. The molecule has 0 spiro atoms. The van der Waals surface area contributed by atoms with Crippen LogP contribution in [0.1, 0.15) is 56.5 Å². The van der Waals surface area contributed by atoms with Crippen LogP contribution in [0.15, 0.2) is 47.6 Å². The first-order valence-corrected chi connectivity index (χ1v) is 13.2. The van der Waals surface area contributed by atoms with Gasteiger partial charge in [-0.15, -0.1) is 11.3 Å². The van der Waals surface area contributed by atoms with Gasteiger partial charge in [0.1, 0.15) is 10.8 Å². The summed E-state index contributed by atoms with van der Waals surface area (Å²) in [6, 6.07) is 11.6. The number of rotatable bonds is 10. The van der Waals surface area contributed by atoms with Gasteiger partial charge in [0.2, 0.25) is 0 Å². The van der Waals surface area contributed by atoms with Gasteiger partial charge < -0.3 is 25.3 Å². The van der Waals surface area contributed by atoms with E-state index < -0.39 is 17.9 Å². The van der Waals surface area contributed by atoms with Crippen molar-refractivity contribution in [3.63, 3.8) is 0 Å². The molecule has 0 saturated heterocycles. The number of nitrogens with one attached hydrogen (secondary N) is 2. The lowest BCUT2D eigenvalue weighted by Gasteiger charge is -2.13. The van der Waals surface area contributed by atoms with Crippen molar-refractivity contribution >= 4 is 40.3 Å². The maximum absolute atomic E-state index is 12.9. The van der Waals surface area contributed by atoms with E-state index in [-0.39, 0.29) is 5.91 Å². The number of carbonyl (C=O) groups is 3. The average molecular weight is 551 g/mol. The van der Waals surface area contributed by atoms with E-state index in [0.717, 1.165) is 36.1 Å². The predicted molar refractivity (Wildman–Crippen MR) is 149 cm³/mol. The highest BCUT2D eigenvalue weighted by molar-refractivity contribution is 7.17. The maximum Gasteiger partial charge on any atom is 0.280 e. The van der Waals surface area contributed by atoms with E-state index in [1.165, 1.54) is 24.7 Å². The lowest BCUT2D eigenvalue weighted by Crippen LogP contribution is -2.33. The first-order valence-electron chi connectivity index (χ1n) is 12.4. The van der Waals surface area contributed by atoms with Crippen LogP contribution in [0.5, 0.6) is 17.2 Å². The van der Waals surface area contributed by atoms with Gasteiger partial charge in [0.25, 0.3) is 17.7 Å². The summed E-state index contributed by atoms with van der Waals surface area (Å²) in [7, 11) is 3.08. The Hall–Kier alpha value is -4.38. The van der Waals surface area contributed by atoms with E-state index in [0.29, 0.717) is 38.9 Å². The Kier molecular flexibility index (Phi) is 8.82. The zero-order valence-electron chi connectivity index (χ0n) is 21.9. The molecule has 3 amide bonds. The van der Waals surface area contributed by atoms with E-state index in [1.54, 1.807) is 56.5 Å². The van der Waals surface area contributed by atoms with E-state index in [4.69, 9.17) is 19.9 Å². The molecule has 4 rings (SSSR count). The number of nitrogens with two attached hydrogens (primary N) is 1. The van der Waals surface area contributed by atoms with Crippen LogP contribution in [0.4, 0.5) is 5.00 Å². The molecule has 1 aromatic heterocycles. The summed E-state index contributed by atoms with van der Waals surface area (Å²) in [5.74, 6) is 0.192. The summed E-state index contributed by atoms with van der Waals surface area (Å²) in [6.07, 6.45) is 4.37. The largest absolute Gasteiger partial charge is 0.493 e. The van der Waals surface area contributed by atoms with Gasteiger partial charge in [0, 0.05) is 10.4 Å². The zero-order valence-corrected chi connectivity index (χ0v) is 22.7. The predicted octanol–water partition coefficient (Wildman–Crippen LogP) is 3.91. The summed E-state index contributed by atoms with van der Waals surface area (Å²) in [5, 5.41) is 7.29. The second-order valence-electron chi connectivity index (χ2n) is 8.87. The van der Waals surface area contributed by atoms with Crippen molar-refractivity contribution in [2.24, 2.45) is 10.8 Å². The Labute approximate surface area is 230 Å². The van der Waals surface area contributed by atoms with Crippen LogP contribution in [0.3, 0.4) is 0 Å². The number of hydrogen-bond donors (Lipinski definition) is 3. The molecule has 4 N–H and O–H groups in total. The number of primary amides is 1. The fourth-order valence-electron chi connectivity index (χ4n) is 4.23. The monoisotopic (exact) mass is 550 g/mol. The third-order valence-electron chi connectivity index (χ3n) is 6.24. The molecule has 2 aromatic carbocycles. The minimum absolute atomic E-state index is 0.363. The molecule has 0 bridgehead atoms. The Bertz CT molecular complexity index is 1400. The van der Waals surface area contributed by atoms with Crippen molar-refractivity contribution in [2.45, 2.75) is 38.7 Å². The average Bonchev–Trinajstić information content (AvgIpc) is 3.31. The second kappa shape index (κ2) is 12.4. The molecule has 39 heavy (non-hydrogen) atoms. The molecular formula is C28H30N4O6S. The summed E-state index contributed by atoms with van der Waals surface area (Å²) in [5.41, 5.74) is 10.5. The van der Waals surface area contributed by atoms with Gasteiger partial charge in [-0.3, -0.25) is 14.4 Å². The Morgan fingerprint density at radius 3 is 2.44 bits per heavy atom. The first-order chi connectivity index (χ1) is 18.8. The van der Waals surface area contributed by atoms with Gasteiger partial charge in [-0.2, -0.15) is 5.10 Å². The van der Waals surface area contributed by atoms with Gasteiger partial charge in [-0.05, 0) is 86.2 Å². The van der Waals surface area contributed by atoms with Crippen LogP contribution in [0, 0.1) is 0 Å². The molecule has 10 nitrogen and oxygen atoms in total. The van der Waals surface area contributed by atoms with Crippen molar-refractivity contribution in [3.8, 4) is 17.2 Å². The summed E-state index contributed by atoms with van der Waals surface area (Å²) in [4.78, 5) is 38.5. The number of nitrogens with zero attached hydrogens (tertiary/aromatic N) is 1. The molecule has 1 aliphatic rings. The second-order valence-corrected chi connectivity index (χ2v) is 9.97.